The first-order chi connectivity index (χ1) is 8.08. The van der Waals surface area contributed by atoms with Crippen LogP contribution in [0.4, 0.5) is 11.5 Å². The molecule has 0 spiro atoms. The standard InChI is InChI=1S/C8H5N5O4/c14-12(15)7-3-1-6(2-4-7)11-5-8(9-10-11)13(16)17/h1-5H. The van der Waals surface area contributed by atoms with E-state index in [1.54, 1.807) is 0 Å². The first-order valence-corrected chi connectivity index (χ1v) is 4.39. The number of nitro groups is 2. The highest BCUT2D eigenvalue weighted by molar-refractivity contribution is 5.40. The topological polar surface area (TPSA) is 117 Å². The summed E-state index contributed by atoms with van der Waals surface area (Å²) in [7, 11) is 0. The van der Waals surface area contributed by atoms with Gasteiger partial charge in [0, 0.05) is 12.1 Å². The molecular formula is C8H5N5O4. The Kier molecular flexibility index (Phi) is 2.49. The predicted octanol–water partition coefficient (Wildman–Crippen LogP) is 1.08. The minimum absolute atomic E-state index is 0.0663. The molecule has 1 aromatic carbocycles. The van der Waals surface area contributed by atoms with Gasteiger partial charge in [0.05, 0.1) is 15.8 Å². The molecule has 0 N–H and O–H groups in total. The van der Waals surface area contributed by atoms with Crippen LogP contribution in [0.1, 0.15) is 0 Å². The van der Waals surface area contributed by atoms with Gasteiger partial charge in [-0.3, -0.25) is 10.1 Å². The Morgan fingerprint density at radius 2 is 1.71 bits per heavy atom. The second-order valence-corrected chi connectivity index (χ2v) is 3.05. The lowest BCUT2D eigenvalue weighted by atomic mass is 10.3. The van der Waals surface area contributed by atoms with E-state index in [0.29, 0.717) is 5.69 Å². The minimum Gasteiger partial charge on any atom is -0.358 e. The van der Waals surface area contributed by atoms with E-state index in [0.717, 1.165) is 6.20 Å². The molecule has 0 atom stereocenters. The number of non-ortho nitro benzene ring substituents is 1. The predicted molar refractivity (Wildman–Crippen MR) is 54.7 cm³/mol. The van der Waals surface area contributed by atoms with Crippen molar-refractivity contribution in [2.24, 2.45) is 0 Å². The third-order valence-corrected chi connectivity index (χ3v) is 1.99. The molecule has 2 rings (SSSR count). The van der Waals surface area contributed by atoms with Gasteiger partial charge in [-0.05, 0) is 17.1 Å². The van der Waals surface area contributed by atoms with Crippen molar-refractivity contribution >= 4 is 11.5 Å². The van der Waals surface area contributed by atoms with Crippen molar-refractivity contribution in [3.05, 3.63) is 50.7 Å². The third kappa shape index (κ3) is 2.07. The molecule has 1 aromatic heterocycles. The summed E-state index contributed by atoms with van der Waals surface area (Å²) in [5.74, 6) is -0.386. The van der Waals surface area contributed by atoms with Gasteiger partial charge in [0.15, 0.2) is 0 Å². The highest BCUT2D eigenvalue weighted by atomic mass is 16.6. The highest BCUT2D eigenvalue weighted by Crippen LogP contribution is 2.15. The Morgan fingerprint density at radius 1 is 1.06 bits per heavy atom. The molecule has 0 saturated carbocycles. The number of nitro benzene ring substituents is 1. The molecule has 17 heavy (non-hydrogen) atoms. The van der Waals surface area contributed by atoms with Crippen LogP contribution in [-0.2, 0) is 0 Å². The van der Waals surface area contributed by atoms with Crippen LogP contribution >= 0.6 is 0 Å². The molecule has 9 heteroatoms. The molecule has 0 aliphatic rings. The second-order valence-electron chi connectivity index (χ2n) is 3.05. The molecule has 0 aliphatic carbocycles. The Bertz CT molecular complexity index is 576. The van der Waals surface area contributed by atoms with Gasteiger partial charge in [-0.15, -0.1) is 0 Å². The monoisotopic (exact) mass is 235 g/mol. The maximum absolute atomic E-state index is 10.4. The summed E-state index contributed by atoms with van der Waals surface area (Å²) in [4.78, 5) is 19.6. The Balaban J connectivity index is 2.33. The van der Waals surface area contributed by atoms with E-state index in [4.69, 9.17) is 0 Å². The van der Waals surface area contributed by atoms with Crippen LogP contribution < -0.4 is 0 Å². The first kappa shape index (κ1) is 10.7. The summed E-state index contributed by atoms with van der Waals surface area (Å²) in [6.07, 6.45) is 1.13. The summed E-state index contributed by atoms with van der Waals surface area (Å²) in [5.41, 5.74) is 0.388. The Morgan fingerprint density at radius 3 is 2.18 bits per heavy atom. The molecule has 0 radical (unpaired) electrons. The average molecular weight is 235 g/mol. The lowest BCUT2D eigenvalue weighted by molar-refractivity contribution is -0.389. The molecule has 0 bridgehead atoms. The second kappa shape index (κ2) is 3.96. The van der Waals surface area contributed by atoms with Crippen LogP contribution in [0.3, 0.4) is 0 Å². The van der Waals surface area contributed by atoms with E-state index < -0.39 is 9.85 Å². The van der Waals surface area contributed by atoms with Gasteiger partial charge >= 0.3 is 5.82 Å². The fourth-order valence-electron chi connectivity index (χ4n) is 1.19. The molecule has 0 amide bonds. The normalized spacial score (nSPS) is 10.1. The van der Waals surface area contributed by atoms with Gasteiger partial charge in [0.1, 0.15) is 11.3 Å². The zero-order valence-corrected chi connectivity index (χ0v) is 8.26. The van der Waals surface area contributed by atoms with Crippen LogP contribution in [-0.4, -0.2) is 24.8 Å². The molecule has 0 unspecified atom stereocenters. The Hall–Kier alpha value is -2.84. The average Bonchev–Trinajstić information content (AvgIpc) is 2.78. The van der Waals surface area contributed by atoms with E-state index >= 15 is 0 Å². The van der Waals surface area contributed by atoms with Gasteiger partial charge in [-0.1, -0.05) is 0 Å². The molecule has 2 aromatic rings. The Labute approximate surface area is 93.6 Å². The lowest BCUT2D eigenvalue weighted by Gasteiger charge is -1.96. The van der Waals surface area contributed by atoms with Crippen molar-refractivity contribution in [3.8, 4) is 5.69 Å². The van der Waals surface area contributed by atoms with Crippen LogP contribution in [0.5, 0.6) is 0 Å². The number of hydrogen-bond acceptors (Lipinski definition) is 6. The molecule has 0 aliphatic heterocycles. The van der Waals surface area contributed by atoms with Crippen molar-refractivity contribution in [3.63, 3.8) is 0 Å². The zero-order valence-electron chi connectivity index (χ0n) is 8.26. The smallest absolute Gasteiger partial charge is 0.358 e. The fourth-order valence-corrected chi connectivity index (χ4v) is 1.19. The zero-order chi connectivity index (χ0) is 12.4. The molecule has 0 saturated heterocycles. The lowest BCUT2D eigenvalue weighted by Crippen LogP contribution is -1.95. The van der Waals surface area contributed by atoms with E-state index in [2.05, 4.69) is 10.3 Å². The summed E-state index contributed by atoms with van der Waals surface area (Å²) in [6, 6.07) is 5.42. The van der Waals surface area contributed by atoms with Gasteiger partial charge in [0.25, 0.3) is 5.69 Å². The first-order valence-electron chi connectivity index (χ1n) is 4.39. The number of aromatic nitrogens is 3. The number of nitrogens with zero attached hydrogens (tertiary/aromatic N) is 5. The van der Waals surface area contributed by atoms with E-state index in [1.165, 1.54) is 28.9 Å². The molecule has 1 heterocycles. The maximum Gasteiger partial charge on any atom is 0.410 e. The summed E-state index contributed by atoms with van der Waals surface area (Å²) in [5, 5.41) is 27.7. The summed E-state index contributed by atoms with van der Waals surface area (Å²) in [6.45, 7) is 0. The largest absolute Gasteiger partial charge is 0.410 e. The number of rotatable bonds is 3. The quantitative estimate of drug-likeness (QED) is 0.580. The fraction of sp³-hybridized carbons (Fsp3) is 0. The van der Waals surface area contributed by atoms with Crippen LogP contribution in [0.15, 0.2) is 30.5 Å². The molecule has 86 valence electrons. The van der Waals surface area contributed by atoms with Gasteiger partial charge < -0.3 is 10.1 Å². The van der Waals surface area contributed by atoms with Crippen LogP contribution in [0, 0.1) is 20.2 Å². The van der Waals surface area contributed by atoms with Gasteiger partial charge in [-0.25, -0.2) is 0 Å². The summed E-state index contributed by atoms with van der Waals surface area (Å²) < 4.78 is 1.17. The molecule has 9 nitrogen and oxygen atoms in total. The minimum atomic E-state index is -0.672. The number of benzene rings is 1. The van der Waals surface area contributed by atoms with Crippen molar-refractivity contribution in [1.29, 1.82) is 0 Å². The van der Waals surface area contributed by atoms with Gasteiger partial charge in [0.2, 0.25) is 0 Å². The van der Waals surface area contributed by atoms with Crippen molar-refractivity contribution in [2.45, 2.75) is 0 Å². The van der Waals surface area contributed by atoms with Crippen molar-refractivity contribution < 1.29 is 9.85 Å². The van der Waals surface area contributed by atoms with E-state index in [9.17, 15) is 20.2 Å². The van der Waals surface area contributed by atoms with Crippen LogP contribution in [0.2, 0.25) is 0 Å². The summed E-state index contributed by atoms with van der Waals surface area (Å²) >= 11 is 0. The highest BCUT2D eigenvalue weighted by Gasteiger charge is 2.13. The van der Waals surface area contributed by atoms with Crippen LogP contribution in [0.25, 0.3) is 5.69 Å². The molecular weight excluding hydrogens is 230 g/mol. The van der Waals surface area contributed by atoms with E-state index in [1.807, 2.05) is 0 Å². The maximum atomic E-state index is 10.4. The molecule has 0 fully saturated rings. The van der Waals surface area contributed by atoms with E-state index in [-0.39, 0.29) is 11.5 Å². The third-order valence-electron chi connectivity index (χ3n) is 1.99. The van der Waals surface area contributed by atoms with Gasteiger partial charge in [-0.2, -0.15) is 4.68 Å². The van der Waals surface area contributed by atoms with Crippen molar-refractivity contribution in [2.75, 3.05) is 0 Å². The number of hydrogen-bond donors (Lipinski definition) is 0. The SMILES string of the molecule is O=[N+]([O-])c1ccc(-n2cc([N+](=O)[O-])nn2)cc1. The van der Waals surface area contributed by atoms with Crippen molar-refractivity contribution in [1.82, 2.24) is 15.0 Å².